The van der Waals surface area contributed by atoms with E-state index in [1.807, 2.05) is 6.07 Å². The zero-order valence-electron chi connectivity index (χ0n) is 10.8. The summed E-state index contributed by atoms with van der Waals surface area (Å²) in [5.74, 6) is 0.235. The molecule has 1 aromatic heterocycles. The van der Waals surface area contributed by atoms with Gasteiger partial charge >= 0.3 is 0 Å². The van der Waals surface area contributed by atoms with Crippen LogP contribution in [0.1, 0.15) is 37.7 Å². The van der Waals surface area contributed by atoms with Crippen molar-refractivity contribution in [1.29, 1.82) is 0 Å². The normalized spacial score (nSPS) is 21.6. The van der Waals surface area contributed by atoms with E-state index in [-0.39, 0.29) is 11.8 Å². The number of hydrogen-bond acceptors (Lipinski definition) is 4. The Kier molecular flexibility index (Phi) is 2.86. The smallest absolute Gasteiger partial charge is 0.241 e. The molecule has 100 valence electrons. The molecule has 2 heterocycles. The summed E-state index contributed by atoms with van der Waals surface area (Å²) in [4.78, 5) is 30.1. The van der Waals surface area contributed by atoms with E-state index >= 15 is 0 Å². The maximum atomic E-state index is 12.5. The number of carbonyl (C=O) groups excluding carboxylic acids is 2. The molecule has 1 aliphatic heterocycles. The lowest BCUT2D eigenvalue weighted by atomic mass is 9.84. The molecule has 2 N–H and O–H groups in total. The van der Waals surface area contributed by atoms with Crippen LogP contribution in [0.5, 0.6) is 0 Å². The maximum Gasteiger partial charge on any atom is 0.241 e. The summed E-state index contributed by atoms with van der Waals surface area (Å²) in [7, 11) is 0. The van der Waals surface area contributed by atoms with Crippen molar-refractivity contribution in [3.05, 3.63) is 23.9 Å². The Bertz CT molecular complexity index is 518. The number of carbonyl (C=O) groups is 2. The van der Waals surface area contributed by atoms with Crippen LogP contribution in [0, 0.1) is 5.41 Å². The molecule has 5 nitrogen and oxygen atoms in total. The van der Waals surface area contributed by atoms with Crippen molar-refractivity contribution in [3.8, 4) is 0 Å². The van der Waals surface area contributed by atoms with Crippen LogP contribution < -0.4 is 10.6 Å². The summed E-state index contributed by atoms with van der Waals surface area (Å²) < 4.78 is 0. The molecular formula is C14H17N3O2. The van der Waals surface area contributed by atoms with E-state index in [0.717, 1.165) is 31.2 Å². The summed E-state index contributed by atoms with van der Waals surface area (Å²) in [5, 5.41) is 0. The molecule has 2 amide bonds. The van der Waals surface area contributed by atoms with Crippen LogP contribution >= 0.6 is 0 Å². The Labute approximate surface area is 111 Å². The molecule has 0 unspecified atom stereocenters. The third-order valence-electron chi connectivity index (χ3n) is 4.23. The quantitative estimate of drug-likeness (QED) is 0.814. The monoisotopic (exact) mass is 259 g/mol. The Balaban J connectivity index is 1.91. The van der Waals surface area contributed by atoms with Gasteiger partial charge in [0.05, 0.1) is 5.41 Å². The van der Waals surface area contributed by atoms with Gasteiger partial charge in [0, 0.05) is 19.2 Å². The second-order valence-electron chi connectivity index (χ2n) is 5.43. The summed E-state index contributed by atoms with van der Waals surface area (Å²) >= 11 is 0. The molecule has 0 bridgehead atoms. The first kappa shape index (κ1) is 12.3. The number of pyridine rings is 1. The highest BCUT2D eigenvalue weighted by Crippen LogP contribution is 2.47. The highest BCUT2D eigenvalue weighted by Gasteiger charge is 2.53. The van der Waals surface area contributed by atoms with Gasteiger partial charge in [-0.3, -0.25) is 9.59 Å². The molecule has 5 heteroatoms. The third-order valence-corrected chi connectivity index (χ3v) is 4.23. The molecule has 1 saturated heterocycles. The van der Waals surface area contributed by atoms with E-state index in [1.54, 1.807) is 12.3 Å². The van der Waals surface area contributed by atoms with Gasteiger partial charge in [0.1, 0.15) is 5.82 Å². The van der Waals surface area contributed by atoms with Gasteiger partial charge in [-0.05, 0) is 24.5 Å². The van der Waals surface area contributed by atoms with Gasteiger partial charge < -0.3 is 5.73 Å². The average molecular weight is 259 g/mol. The maximum absolute atomic E-state index is 12.5. The number of aromatic nitrogens is 1. The van der Waals surface area contributed by atoms with Crippen molar-refractivity contribution in [2.75, 3.05) is 4.90 Å². The van der Waals surface area contributed by atoms with Crippen LogP contribution in [-0.4, -0.2) is 16.8 Å². The average Bonchev–Trinajstić information content (AvgIpc) is 2.97. The van der Waals surface area contributed by atoms with Crippen molar-refractivity contribution >= 4 is 17.6 Å². The van der Waals surface area contributed by atoms with Crippen LogP contribution in [0.4, 0.5) is 5.82 Å². The van der Waals surface area contributed by atoms with Crippen molar-refractivity contribution in [1.82, 2.24) is 4.98 Å². The first-order chi connectivity index (χ1) is 9.16. The van der Waals surface area contributed by atoms with Gasteiger partial charge in [-0.2, -0.15) is 0 Å². The Hall–Kier alpha value is -1.75. The van der Waals surface area contributed by atoms with Gasteiger partial charge in [-0.1, -0.05) is 18.9 Å². The van der Waals surface area contributed by atoms with Crippen LogP contribution in [0.25, 0.3) is 0 Å². The lowest BCUT2D eigenvalue weighted by molar-refractivity contribution is -0.125. The number of anilines is 1. The van der Waals surface area contributed by atoms with Crippen LogP contribution in [0.15, 0.2) is 18.3 Å². The van der Waals surface area contributed by atoms with Gasteiger partial charge in [0.15, 0.2) is 0 Å². The van der Waals surface area contributed by atoms with Crippen molar-refractivity contribution in [2.24, 2.45) is 11.1 Å². The SMILES string of the molecule is NCc1ccc(N2C(=O)CC3(CCCC3)C2=O)nc1. The fourth-order valence-corrected chi connectivity index (χ4v) is 3.14. The molecule has 1 aliphatic carbocycles. The predicted molar refractivity (Wildman–Crippen MR) is 70.1 cm³/mol. The van der Waals surface area contributed by atoms with E-state index in [4.69, 9.17) is 5.73 Å². The highest BCUT2D eigenvalue weighted by atomic mass is 16.2. The Morgan fingerprint density at radius 2 is 2.00 bits per heavy atom. The zero-order chi connectivity index (χ0) is 13.5. The predicted octanol–water partition coefficient (Wildman–Crippen LogP) is 1.36. The van der Waals surface area contributed by atoms with Gasteiger partial charge in [-0.25, -0.2) is 9.88 Å². The first-order valence-corrected chi connectivity index (χ1v) is 6.69. The second-order valence-corrected chi connectivity index (χ2v) is 5.43. The van der Waals surface area contributed by atoms with E-state index in [2.05, 4.69) is 4.98 Å². The number of amides is 2. The highest BCUT2D eigenvalue weighted by molar-refractivity contribution is 6.22. The molecule has 2 aliphatic rings. The molecule has 1 aromatic rings. The molecule has 1 saturated carbocycles. The molecule has 19 heavy (non-hydrogen) atoms. The molecule has 0 radical (unpaired) electrons. The topological polar surface area (TPSA) is 76.3 Å². The summed E-state index contributed by atoms with van der Waals surface area (Å²) in [6.45, 7) is 0.402. The minimum Gasteiger partial charge on any atom is -0.326 e. The van der Waals surface area contributed by atoms with Crippen LogP contribution in [0.2, 0.25) is 0 Å². The minimum atomic E-state index is -0.439. The largest absolute Gasteiger partial charge is 0.326 e. The number of rotatable bonds is 2. The van der Waals surface area contributed by atoms with E-state index in [9.17, 15) is 9.59 Å². The van der Waals surface area contributed by atoms with Crippen molar-refractivity contribution < 1.29 is 9.59 Å². The Morgan fingerprint density at radius 3 is 2.58 bits per heavy atom. The van der Waals surface area contributed by atoms with E-state index in [0.29, 0.717) is 18.8 Å². The molecular weight excluding hydrogens is 242 g/mol. The standard InChI is InChI=1S/C14H17N3O2/c15-8-10-3-4-11(16-9-10)17-12(18)7-14(13(17)19)5-1-2-6-14/h3-4,9H,1-2,5-8,15H2. The lowest BCUT2D eigenvalue weighted by Crippen LogP contribution is -2.34. The lowest BCUT2D eigenvalue weighted by Gasteiger charge is -2.20. The van der Waals surface area contributed by atoms with Crippen LogP contribution in [-0.2, 0) is 16.1 Å². The van der Waals surface area contributed by atoms with E-state index in [1.165, 1.54) is 4.90 Å². The molecule has 2 fully saturated rings. The van der Waals surface area contributed by atoms with Crippen LogP contribution in [0.3, 0.4) is 0 Å². The fraction of sp³-hybridized carbons (Fsp3) is 0.500. The first-order valence-electron chi connectivity index (χ1n) is 6.69. The molecule has 3 rings (SSSR count). The van der Waals surface area contributed by atoms with Crippen molar-refractivity contribution in [2.45, 2.75) is 38.6 Å². The summed E-state index contributed by atoms with van der Waals surface area (Å²) in [6.07, 6.45) is 5.68. The number of nitrogens with zero attached hydrogens (tertiary/aromatic N) is 2. The number of imide groups is 1. The van der Waals surface area contributed by atoms with Gasteiger partial charge in [0.2, 0.25) is 11.8 Å². The number of nitrogens with two attached hydrogens (primary N) is 1. The third kappa shape index (κ3) is 1.85. The zero-order valence-corrected chi connectivity index (χ0v) is 10.8. The number of hydrogen-bond donors (Lipinski definition) is 1. The summed E-state index contributed by atoms with van der Waals surface area (Å²) in [5.41, 5.74) is 5.96. The van der Waals surface area contributed by atoms with Gasteiger partial charge in [0.25, 0.3) is 0 Å². The molecule has 0 aromatic carbocycles. The van der Waals surface area contributed by atoms with Crippen molar-refractivity contribution in [3.63, 3.8) is 0 Å². The minimum absolute atomic E-state index is 0.0667. The summed E-state index contributed by atoms with van der Waals surface area (Å²) in [6, 6.07) is 3.51. The van der Waals surface area contributed by atoms with E-state index < -0.39 is 5.41 Å². The molecule has 0 atom stereocenters. The second kappa shape index (κ2) is 4.42. The Morgan fingerprint density at radius 1 is 1.26 bits per heavy atom. The fourth-order valence-electron chi connectivity index (χ4n) is 3.14. The molecule has 1 spiro atoms. The van der Waals surface area contributed by atoms with Gasteiger partial charge in [-0.15, -0.1) is 0 Å².